The number of carbonyl (C=O) groups excluding carboxylic acids is 1. The molecular formula is C19H21F2N3O5S. The Morgan fingerprint density at radius 1 is 1.17 bits per heavy atom. The number of anilines is 2. The molecule has 1 aliphatic rings. The van der Waals surface area contributed by atoms with E-state index in [1.807, 2.05) is 0 Å². The number of halogens is 2. The number of ether oxygens (including phenoxy) is 2. The van der Waals surface area contributed by atoms with E-state index in [4.69, 9.17) is 4.74 Å². The molecule has 11 heteroatoms. The van der Waals surface area contributed by atoms with Crippen molar-refractivity contribution in [3.05, 3.63) is 42.5 Å². The molecule has 162 valence electrons. The third-order valence-electron chi connectivity index (χ3n) is 4.18. The van der Waals surface area contributed by atoms with Crippen LogP contribution < -0.4 is 24.8 Å². The van der Waals surface area contributed by atoms with Gasteiger partial charge in [0.1, 0.15) is 11.5 Å². The summed E-state index contributed by atoms with van der Waals surface area (Å²) >= 11 is 0. The SMILES string of the molecule is COc1ccc(S(=O)(=O)NC2CC2)cc1NCC(=O)Nc1ccc(OC(F)F)cc1. The van der Waals surface area contributed by atoms with Gasteiger partial charge in [-0.2, -0.15) is 8.78 Å². The van der Waals surface area contributed by atoms with Crippen molar-refractivity contribution in [3.8, 4) is 11.5 Å². The maximum absolute atomic E-state index is 12.4. The standard InChI is InChI=1S/C19H21F2N3O5S/c1-28-17-9-8-15(30(26,27)24-13-2-3-13)10-16(17)22-11-18(25)23-12-4-6-14(7-5-12)29-19(20)21/h4-10,13,19,22,24H,2-3,11H2,1H3,(H,23,25). The van der Waals surface area contributed by atoms with Crippen molar-refractivity contribution in [1.29, 1.82) is 0 Å². The van der Waals surface area contributed by atoms with Crippen LogP contribution in [0.15, 0.2) is 47.4 Å². The molecule has 0 radical (unpaired) electrons. The molecule has 0 heterocycles. The molecule has 0 aromatic heterocycles. The van der Waals surface area contributed by atoms with Crippen molar-refractivity contribution in [2.45, 2.75) is 30.4 Å². The summed E-state index contributed by atoms with van der Waals surface area (Å²) in [5.41, 5.74) is 0.729. The van der Waals surface area contributed by atoms with Gasteiger partial charge in [0.15, 0.2) is 0 Å². The number of hydrogen-bond donors (Lipinski definition) is 3. The van der Waals surface area contributed by atoms with E-state index in [1.54, 1.807) is 0 Å². The van der Waals surface area contributed by atoms with Crippen molar-refractivity contribution >= 4 is 27.3 Å². The molecule has 30 heavy (non-hydrogen) atoms. The molecule has 1 saturated carbocycles. The fourth-order valence-corrected chi connectivity index (χ4v) is 3.91. The minimum absolute atomic E-state index is 0.0244. The average Bonchev–Trinajstić information content (AvgIpc) is 3.50. The van der Waals surface area contributed by atoms with E-state index in [-0.39, 0.29) is 23.2 Å². The zero-order valence-electron chi connectivity index (χ0n) is 16.0. The van der Waals surface area contributed by atoms with Crippen molar-refractivity contribution in [2.75, 3.05) is 24.3 Å². The molecule has 3 rings (SSSR count). The highest BCUT2D eigenvalue weighted by molar-refractivity contribution is 7.89. The summed E-state index contributed by atoms with van der Waals surface area (Å²) in [5.74, 6) is -0.0747. The van der Waals surface area contributed by atoms with E-state index in [1.165, 1.54) is 49.6 Å². The van der Waals surface area contributed by atoms with E-state index >= 15 is 0 Å². The van der Waals surface area contributed by atoms with E-state index in [0.717, 1.165) is 12.8 Å². The smallest absolute Gasteiger partial charge is 0.387 e. The lowest BCUT2D eigenvalue weighted by molar-refractivity contribution is -0.114. The van der Waals surface area contributed by atoms with Crippen LogP contribution in [0, 0.1) is 0 Å². The molecule has 3 N–H and O–H groups in total. The Bertz CT molecular complexity index is 996. The molecule has 1 aliphatic carbocycles. The van der Waals surface area contributed by atoms with Crippen LogP contribution in [0.5, 0.6) is 11.5 Å². The van der Waals surface area contributed by atoms with E-state index in [9.17, 15) is 22.0 Å². The van der Waals surface area contributed by atoms with Crippen LogP contribution in [-0.4, -0.2) is 40.6 Å². The molecule has 0 atom stereocenters. The first kappa shape index (κ1) is 21.8. The predicted octanol–water partition coefficient (Wildman–Crippen LogP) is 2.79. The van der Waals surface area contributed by atoms with Gasteiger partial charge in [-0.1, -0.05) is 0 Å². The van der Waals surface area contributed by atoms with Crippen LogP contribution in [0.1, 0.15) is 12.8 Å². The highest BCUT2D eigenvalue weighted by Crippen LogP contribution is 2.29. The molecule has 0 aliphatic heterocycles. The maximum atomic E-state index is 12.4. The Balaban J connectivity index is 1.62. The molecule has 1 fully saturated rings. The van der Waals surface area contributed by atoms with Crippen LogP contribution >= 0.6 is 0 Å². The zero-order chi connectivity index (χ0) is 21.7. The maximum Gasteiger partial charge on any atom is 0.387 e. The first-order valence-electron chi connectivity index (χ1n) is 9.06. The molecule has 0 bridgehead atoms. The molecule has 0 unspecified atom stereocenters. The van der Waals surface area contributed by atoms with Crippen molar-refractivity contribution in [1.82, 2.24) is 4.72 Å². The first-order valence-corrected chi connectivity index (χ1v) is 10.5. The Morgan fingerprint density at radius 3 is 2.47 bits per heavy atom. The van der Waals surface area contributed by atoms with Crippen molar-refractivity contribution in [2.24, 2.45) is 0 Å². The van der Waals surface area contributed by atoms with Crippen molar-refractivity contribution in [3.63, 3.8) is 0 Å². The van der Waals surface area contributed by atoms with Crippen LogP contribution in [-0.2, 0) is 14.8 Å². The van der Waals surface area contributed by atoms with Gasteiger partial charge in [-0.05, 0) is 55.3 Å². The van der Waals surface area contributed by atoms with Crippen molar-refractivity contribution < 1.29 is 31.5 Å². The number of carbonyl (C=O) groups is 1. The normalized spacial score (nSPS) is 13.7. The summed E-state index contributed by atoms with van der Waals surface area (Å²) in [7, 11) is -2.23. The molecule has 0 saturated heterocycles. The number of amides is 1. The van der Waals surface area contributed by atoms with E-state index in [2.05, 4.69) is 20.1 Å². The molecular weight excluding hydrogens is 420 g/mol. The second-order valence-corrected chi connectivity index (χ2v) is 8.28. The van der Waals surface area contributed by atoms with Crippen LogP contribution in [0.25, 0.3) is 0 Å². The Morgan fingerprint density at radius 2 is 1.87 bits per heavy atom. The number of rotatable bonds is 10. The molecule has 1 amide bonds. The quantitative estimate of drug-likeness (QED) is 0.524. The Labute approximate surface area is 172 Å². The van der Waals surface area contributed by atoms with Crippen LogP contribution in [0.4, 0.5) is 20.2 Å². The van der Waals surface area contributed by atoms with Gasteiger partial charge in [0.25, 0.3) is 0 Å². The summed E-state index contributed by atoms with van der Waals surface area (Å²) in [6.07, 6.45) is 1.63. The number of hydrogen-bond acceptors (Lipinski definition) is 6. The molecule has 8 nitrogen and oxygen atoms in total. The van der Waals surface area contributed by atoms with Gasteiger partial charge in [0.05, 0.1) is 24.2 Å². The first-order chi connectivity index (χ1) is 14.3. The fraction of sp³-hybridized carbons (Fsp3) is 0.316. The lowest BCUT2D eigenvalue weighted by Gasteiger charge is -2.14. The lowest BCUT2D eigenvalue weighted by atomic mass is 10.3. The number of alkyl halides is 2. The van der Waals surface area contributed by atoms with Gasteiger partial charge >= 0.3 is 6.61 Å². The third kappa shape index (κ3) is 6.04. The molecule has 0 spiro atoms. The summed E-state index contributed by atoms with van der Waals surface area (Å²) < 4.78 is 61.2. The Hall–Kier alpha value is -2.92. The number of nitrogens with one attached hydrogen (secondary N) is 3. The third-order valence-corrected chi connectivity index (χ3v) is 5.70. The minimum atomic E-state index is -3.66. The van der Waals surface area contributed by atoms with Crippen LogP contribution in [0.2, 0.25) is 0 Å². The van der Waals surface area contributed by atoms with Gasteiger partial charge < -0.3 is 20.1 Å². The predicted molar refractivity (Wildman–Crippen MR) is 107 cm³/mol. The van der Waals surface area contributed by atoms with Gasteiger partial charge in [-0.3, -0.25) is 4.79 Å². The number of sulfonamides is 1. The zero-order valence-corrected chi connectivity index (χ0v) is 16.8. The van der Waals surface area contributed by atoms with Crippen LogP contribution in [0.3, 0.4) is 0 Å². The highest BCUT2D eigenvalue weighted by Gasteiger charge is 2.28. The minimum Gasteiger partial charge on any atom is -0.495 e. The summed E-state index contributed by atoms with van der Waals surface area (Å²) in [4.78, 5) is 12.3. The summed E-state index contributed by atoms with van der Waals surface area (Å²) in [6, 6.07) is 9.75. The fourth-order valence-electron chi connectivity index (χ4n) is 2.58. The summed E-state index contributed by atoms with van der Waals surface area (Å²) in [5, 5.41) is 5.44. The average molecular weight is 441 g/mol. The number of benzene rings is 2. The van der Waals surface area contributed by atoms with Gasteiger partial charge in [0.2, 0.25) is 15.9 Å². The molecule has 2 aromatic carbocycles. The largest absolute Gasteiger partial charge is 0.495 e. The number of methoxy groups -OCH3 is 1. The lowest BCUT2D eigenvalue weighted by Crippen LogP contribution is -2.26. The second kappa shape index (κ2) is 9.26. The topological polar surface area (TPSA) is 106 Å². The Kier molecular flexibility index (Phi) is 6.73. The van der Waals surface area contributed by atoms with Gasteiger partial charge in [0, 0.05) is 11.7 Å². The van der Waals surface area contributed by atoms with E-state index in [0.29, 0.717) is 17.1 Å². The van der Waals surface area contributed by atoms with Gasteiger partial charge in [-0.25, -0.2) is 13.1 Å². The van der Waals surface area contributed by atoms with Gasteiger partial charge in [-0.15, -0.1) is 0 Å². The highest BCUT2D eigenvalue weighted by atomic mass is 32.2. The monoisotopic (exact) mass is 441 g/mol. The van der Waals surface area contributed by atoms with E-state index < -0.39 is 22.5 Å². The second-order valence-electron chi connectivity index (χ2n) is 6.56. The molecule has 2 aromatic rings. The summed E-state index contributed by atoms with van der Waals surface area (Å²) in [6.45, 7) is -3.10.